The summed E-state index contributed by atoms with van der Waals surface area (Å²) in [5.41, 5.74) is 0.291. The molecule has 0 aromatic carbocycles. The standard InChI is InChI=1S/C13H17N3O4/c17-7-12(18)16-4-3-9(6-16)14-13(19)10-5-11(20-15-10)8-1-2-8/h5,8-9,17H,1-4,6-7H2,(H,14,19). The number of aliphatic hydroxyl groups is 1. The average Bonchev–Trinajstić information content (AvgIpc) is 3.01. The highest BCUT2D eigenvalue weighted by Gasteiger charge is 2.30. The number of carbonyl (C=O) groups excluding carboxylic acids is 2. The highest BCUT2D eigenvalue weighted by Crippen LogP contribution is 2.40. The third-order valence-corrected chi connectivity index (χ3v) is 3.75. The minimum atomic E-state index is -0.491. The van der Waals surface area contributed by atoms with Crippen LogP contribution in [0.15, 0.2) is 10.6 Å². The molecule has 2 aliphatic rings. The summed E-state index contributed by atoms with van der Waals surface area (Å²) >= 11 is 0. The van der Waals surface area contributed by atoms with E-state index in [1.807, 2.05) is 0 Å². The number of rotatable bonds is 4. The van der Waals surface area contributed by atoms with E-state index in [4.69, 9.17) is 9.63 Å². The first-order valence-electron chi connectivity index (χ1n) is 6.83. The van der Waals surface area contributed by atoms with Crippen LogP contribution in [0.25, 0.3) is 0 Å². The maximum atomic E-state index is 12.0. The second-order valence-electron chi connectivity index (χ2n) is 5.35. The van der Waals surface area contributed by atoms with Crippen LogP contribution in [0.1, 0.15) is 41.4 Å². The van der Waals surface area contributed by atoms with Crippen molar-refractivity contribution in [1.29, 1.82) is 0 Å². The highest BCUT2D eigenvalue weighted by atomic mass is 16.5. The van der Waals surface area contributed by atoms with Gasteiger partial charge in [-0.2, -0.15) is 0 Å². The molecule has 3 rings (SSSR count). The van der Waals surface area contributed by atoms with Crippen LogP contribution in [0.4, 0.5) is 0 Å². The molecule has 1 atom stereocenters. The van der Waals surface area contributed by atoms with Crippen LogP contribution in [0.2, 0.25) is 0 Å². The molecule has 7 nitrogen and oxygen atoms in total. The van der Waals surface area contributed by atoms with Crippen LogP contribution >= 0.6 is 0 Å². The van der Waals surface area contributed by atoms with Gasteiger partial charge in [0.2, 0.25) is 5.91 Å². The molecular weight excluding hydrogens is 262 g/mol. The molecule has 7 heteroatoms. The summed E-state index contributed by atoms with van der Waals surface area (Å²) in [6.07, 6.45) is 2.87. The first-order chi connectivity index (χ1) is 9.67. The summed E-state index contributed by atoms with van der Waals surface area (Å²) in [6.45, 7) is 0.490. The zero-order valence-electron chi connectivity index (χ0n) is 11.0. The lowest BCUT2D eigenvalue weighted by molar-refractivity contribution is -0.133. The van der Waals surface area contributed by atoms with Crippen molar-refractivity contribution in [2.45, 2.75) is 31.2 Å². The summed E-state index contributed by atoms with van der Waals surface area (Å²) in [5.74, 6) is 0.620. The van der Waals surface area contributed by atoms with Crippen molar-refractivity contribution < 1.29 is 19.2 Å². The number of aliphatic hydroxyl groups excluding tert-OH is 1. The summed E-state index contributed by atoms with van der Waals surface area (Å²) in [5, 5.41) is 15.4. The Labute approximate surface area is 115 Å². The quantitative estimate of drug-likeness (QED) is 0.800. The van der Waals surface area contributed by atoms with E-state index >= 15 is 0 Å². The van der Waals surface area contributed by atoms with Crippen LogP contribution in [0.3, 0.4) is 0 Å². The zero-order chi connectivity index (χ0) is 14.1. The lowest BCUT2D eigenvalue weighted by Crippen LogP contribution is -2.39. The Kier molecular flexibility index (Phi) is 3.43. The predicted molar refractivity (Wildman–Crippen MR) is 68.0 cm³/mol. The van der Waals surface area contributed by atoms with E-state index in [1.54, 1.807) is 11.0 Å². The number of hydrogen-bond acceptors (Lipinski definition) is 5. The molecule has 0 bridgehead atoms. The number of nitrogens with zero attached hydrogens (tertiary/aromatic N) is 2. The summed E-state index contributed by atoms with van der Waals surface area (Å²) < 4.78 is 5.14. The predicted octanol–water partition coefficient (Wildman–Crippen LogP) is -0.125. The van der Waals surface area contributed by atoms with E-state index in [2.05, 4.69) is 10.5 Å². The zero-order valence-corrected chi connectivity index (χ0v) is 11.0. The van der Waals surface area contributed by atoms with E-state index in [9.17, 15) is 9.59 Å². The normalized spacial score (nSPS) is 22.1. The molecule has 1 aliphatic carbocycles. The Morgan fingerprint density at radius 3 is 2.95 bits per heavy atom. The van der Waals surface area contributed by atoms with Crippen molar-refractivity contribution >= 4 is 11.8 Å². The smallest absolute Gasteiger partial charge is 0.273 e. The number of carbonyl (C=O) groups is 2. The monoisotopic (exact) mass is 279 g/mol. The van der Waals surface area contributed by atoms with E-state index in [0.29, 0.717) is 31.1 Å². The number of hydrogen-bond donors (Lipinski definition) is 2. The van der Waals surface area contributed by atoms with Gasteiger partial charge in [0.05, 0.1) is 0 Å². The minimum absolute atomic E-state index is 0.0981. The van der Waals surface area contributed by atoms with Gasteiger partial charge >= 0.3 is 0 Å². The Balaban J connectivity index is 1.55. The summed E-state index contributed by atoms with van der Waals surface area (Å²) in [7, 11) is 0. The SMILES string of the molecule is O=C(NC1CCN(C(=O)CO)C1)c1cc(C2CC2)on1. The molecule has 1 aliphatic heterocycles. The van der Waals surface area contributed by atoms with E-state index in [-0.39, 0.29) is 17.9 Å². The van der Waals surface area contributed by atoms with Gasteiger partial charge in [0.15, 0.2) is 5.69 Å². The molecule has 0 spiro atoms. The number of aromatic nitrogens is 1. The molecule has 108 valence electrons. The van der Waals surface area contributed by atoms with Crippen molar-refractivity contribution in [2.24, 2.45) is 0 Å². The van der Waals surface area contributed by atoms with Crippen molar-refractivity contribution in [2.75, 3.05) is 19.7 Å². The molecule has 0 radical (unpaired) electrons. The van der Waals surface area contributed by atoms with E-state index in [0.717, 1.165) is 18.6 Å². The fourth-order valence-corrected chi connectivity index (χ4v) is 2.42. The Morgan fingerprint density at radius 2 is 2.25 bits per heavy atom. The molecule has 1 saturated heterocycles. The van der Waals surface area contributed by atoms with Gasteiger partial charge in [-0.15, -0.1) is 0 Å². The molecular formula is C13H17N3O4. The van der Waals surface area contributed by atoms with Crippen molar-refractivity contribution in [3.63, 3.8) is 0 Å². The third kappa shape index (κ3) is 2.67. The first kappa shape index (κ1) is 13.1. The maximum absolute atomic E-state index is 12.0. The highest BCUT2D eigenvalue weighted by molar-refractivity contribution is 5.92. The lowest BCUT2D eigenvalue weighted by Gasteiger charge is -2.15. The summed E-state index contributed by atoms with van der Waals surface area (Å²) in [4.78, 5) is 24.9. The fraction of sp³-hybridized carbons (Fsp3) is 0.615. The first-order valence-corrected chi connectivity index (χ1v) is 6.83. The number of amides is 2. The molecule has 1 unspecified atom stereocenters. The van der Waals surface area contributed by atoms with Gasteiger partial charge in [-0.3, -0.25) is 9.59 Å². The van der Waals surface area contributed by atoms with Gasteiger partial charge in [-0.1, -0.05) is 5.16 Å². The van der Waals surface area contributed by atoms with Gasteiger partial charge in [0.1, 0.15) is 12.4 Å². The van der Waals surface area contributed by atoms with Crippen LogP contribution in [-0.2, 0) is 4.79 Å². The third-order valence-electron chi connectivity index (χ3n) is 3.75. The molecule has 1 aromatic heterocycles. The van der Waals surface area contributed by atoms with Crippen LogP contribution in [-0.4, -0.2) is 52.7 Å². The van der Waals surface area contributed by atoms with Gasteiger partial charge in [0, 0.05) is 31.1 Å². The van der Waals surface area contributed by atoms with Gasteiger partial charge in [0.25, 0.3) is 5.91 Å². The average molecular weight is 279 g/mol. The molecule has 1 saturated carbocycles. The van der Waals surface area contributed by atoms with Crippen molar-refractivity contribution in [3.05, 3.63) is 17.5 Å². The van der Waals surface area contributed by atoms with Gasteiger partial charge < -0.3 is 19.8 Å². The Morgan fingerprint density at radius 1 is 1.45 bits per heavy atom. The molecule has 2 N–H and O–H groups in total. The van der Waals surface area contributed by atoms with E-state index < -0.39 is 6.61 Å². The van der Waals surface area contributed by atoms with Gasteiger partial charge in [-0.05, 0) is 19.3 Å². The molecule has 2 fully saturated rings. The lowest BCUT2D eigenvalue weighted by atomic mass is 10.2. The van der Waals surface area contributed by atoms with Crippen molar-refractivity contribution in [1.82, 2.24) is 15.4 Å². The second-order valence-corrected chi connectivity index (χ2v) is 5.35. The van der Waals surface area contributed by atoms with Crippen LogP contribution < -0.4 is 5.32 Å². The molecule has 20 heavy (non-hydrogen) atoms. The summed E-state index contributed by atoms with van der Waals surface area (Å²) in [6, 6.07) is 1.59. The Bertz CT molecular complexity index is 523. The molecule has 1 aromatic rings. The fourth-order valence-electron chi connectivity index (χ4n) is 2.42. The number of likely N-dealkylation sites (tertiary alicyclic amines) is 1. The number of nitrogens with one attached hydrogen (secondary N) is 1. The van der Waals surface area contributed by atoms with Gasteiger partial charge in [-0.25, -0.2) is 0 Å². The van der Waals surface area contributed by atoms with Crippen molar-refractivity contribution in [3.8, 4) is 0 Å². The topological polar surface area (TPSA) is 95.7 Å². The Hall–Kier alpha value is -1.89. The largest absolute Gasteiger partial charge is 0.387 e. The van der Waals surface area contributed by atoms with E-state index in [1.165, 1.54) is 0 Å². The molecule has 2 heterocycles. The van der Waals surface area contributed by atoms with Crippen LogP contribution in [0.5, 0.6) is 0 Å². The second kappa shape index (κ2) is 5.24. The minimum Gasteiger partial charge on any atom is -0.387 e. The molecule has 2 amide bonds. The van der Waals surface area contributed by atoms with Crippen LogP contribution in [0, 0.1) is 0 Å². The maximum Gasteiger partial charge on any atom is 0.273 e.